The van der Waals surface area contributed by atoms with Crippen LogP contribution in [0.15, 0.2) is 29.2 Å². The lowest BCUT2D eigenvalue weighted by Gasteiger charge is -2.40. The summed E-state index contributed by atoms with van der Waals surface area (Å²) in [4.78, 5) is 28.1. The summed E-state index contributed by atoms with van der Waals surface area (Å²) < 4.78 is 26.6. The van der Waals surface area contributed by atoms with Gasteiger partial charge in [-0.1, -0.05) is 19.3 Å². The summed E-state index contributed by atoms with van der Waals surface area (Å²) in [5.41, 5.74) is -0.539. The fourth-order valence-corrected chi connectivity index (χ4v) is 5.24. The second-order valence-electron chi connectivity index (χ2n) is 8.21. The van der Waals surface area contributed by atoms with Gasteiger partial charge in [0.2, 0.25) is 15.9 Å². The second kappa shape index (κ2) is 9.92. The minimum absolute atomic E-state index is 0.0293. The Balaban J connectivity index is 2.25. The molecule has 1 aromatic rings. The Morgan fingerprint density at radius 3 is 2.03 bits per heavy atom. The molecule has 0 radical (unpaired) electrons. The Bertz CT molecular complexity index is 840. The van der Waals surface area contributed by atoms with Gasteiger partial charge >= 0.3 is 0 Å². The van der Waals surface area contributed by atoms with Crippen molar-refractivity contribution in [2.75, 3.05) is 20.1 Å². The van der Waals surface area contributed by atoms with Crippen LogP contribution in [0.1, 0.15) is 70.2 Å². The van der Waals surface area contributed by atoms with E-state index in [4.69, 9.17) is 0 Å². The van der Waals surface area contributed by atoms with Crippen molar-refractivity contribution in [2.45, 2.75) is 76.3 Å². The third-order valence-electron chi connectivity index (χ3n) is 6.04. The van der Waals surface area contributed by atoms with Gasteiger partial charge in [0.25, 0.3) is 5.91 Å². The Labute approximate surface area is 180 Å². The number of nitrogens with one attached hydrogen (secondary N) is 1. The van der Waals surface area contributed by atoms with Crippen LogP contribution in [-0.2, 0) is 14.8 Å². The van der Waals surface area contributed by atoms with Crippen molar-refractivity contribution < 1.29 is 18.0 Å². The van der Waals surface area contributed by atoms with Gasteiger partial charge in [-0.05, 0) is 64.8 Å². The van der Waals surface area contributed by atoms with E-state index in [0.717, 1.165) is 19.3 Å². The number of carbonyl (C=O) groups excluding carboxylic acids is 2. The number of rotatable bonds is 8. The molecule has 0 atom stereocenters. The predicted molar refractivity (Wildman–Crippen MR) is 118 cm³/mol. The standard InChI is InChI=1S/C22H35N3O4S/c1-6-25(7-2)21(27)22(15-9-8-10-16-22)23-20(26)18-11-13-19(14-12-18)30(28,29)24(5)17(3)4/h11-14,17H,6-10,15-16H2,1-5H3,(H,23,26). The lowest BCUT2D eigenvalue weighted by Crippen LogP contribution is -2.60. The molecule has 8 heteroatoms. The van der Waals surface area contributed by atoms with Gasteiger partial charge in [-0.25, -0.2) is 8.42 Å². The molecule has 0 bridgehead atoms. The number of hydrogen-bond donors (Lipinski definition) is 1. The van der Waals surface area contributed by atoms with Crippen LogP contribution in [-0.4, -0.2) is 61.2 Å². The molecule has 0 heterocycles. The molecule has 1 aromatic carbocycles. The Hall–Kier alpha value is -1.93. The summed E-state index contributed by atoms with van der Waals surface area (Å²) in [6, 6.07) is 5.74. The van der Waals surface area contributed by atoms with Crippen molar-refractivity contribution in [3.05, 3.63) is 29.8 Å². The Kier molecular flexibility index (Phi) is 8.05. The van der Waals surface area contributed by atoms with Gasteiger partial charge in [-0.15, -0.1) is 0 Å². The Morgan fingerprint density at radius 2 is 1.57 bits per heavy atom. The Morgan fingerprint density at radius 1 is 1.03 bits per heavy atom. The molecule has 2 rings (SSSR count). The third kappa shape index (κ3) is 5.03. The van der Waals surface area contributed by atoms with Crippen LogP contribution in [0, 0.1) is 0 Å². The van der Waals surface area contributed by atoms with Crippen LogP contribution in [0.25, 0.3) is 0 Å². The van der Waals surface area contributed by atoms with Gasteiger partial charge < -0.3 is 10.2 Å². The summed E-state index contributed by atoms with van der Waals surface area (Å²) in [5, 5.41) is 3.01. The largest absolute Gasteiger partial charge is 0.341 e. The van der Waals surface area contributed by atoms with E-state index in [1.54, 1.807) is 18.7 Å². The second-order valence-corrected chi connectivity index (χ2v) is 10.2. The topological polar surface area (TPSA) is 86.8 Å². The van der Waals surface area contributed by atoms with Crippen molar-refractivity contribution in [3.8, 4) is 0 Å². The average molecular weight is 438 g/mol. The molecule has 0 saturated heterocycles. The van der Waals surface area contributed by atoms with Gasteiger partial charge in [0.1, 0.15) is 5.54 Å². The third-order valence-corrected chi connectivity index (χ3v) is 8.09. The summed E-state index contributed by atoms with van der Waals surface area (Å²) in [6.07, 6.45) is 4.09. The molecule has 7 nitrogen and oxygen atoms in total. The van der Waals surface area contributed by atoms with E-state index in [1.165, 1.54) is 35.6 Å². The van der Waals surface area contributed by atoms with Crippen molar-refractivity contribution in [1.82, 2.24) is 14.5 Å². The number of nitrogens with zero attached hydrogens (tertiary/aromatic N) is 2. The van der Waals surface area contributed by atoms with E-state index in [1.807, 2.05) is 13.8 Å². The number of amides is 2. The van der Waals surface area contributed by atoms with E-state index < -0.39 is 15.6 Å². The fraction of sp³-hybridized carbons (Fsp3) is 0.636. The maximum absolute atomic E-state index is 13.2. The van der Waals surface area contributed by atoms with Gasteiger partial charge in [0.05, 0.1) is 4.90 Å². The number of carbonyl (C=O) groups is 2. The number of benzene rings is 1. The van der Waals surface area contributed by atoms with Gasteiger partial charge in [0.15, 0.2) is 0 Å². The lowest BCUT2D eigenvalue weighted by atomic mass is 9.80. The van der Waals surface area contributed by atoms with Crippen LogP contribution in [0.4, 0.5) is 0 Å². The first kappa shape index (κ1) is 24.3. The number of hydrogen-bond acceptors (Lipinski definition) is 4. The van der Waals surface area contributed by atoms with Crippen LogP contribution in [0.2, 0.25) is 0 Å². The molecular weight excluding hydrogens is 402 g/mol. The van der Waals surface area contributed by atoms with Crippen molar-refractivity contribution in [3.63, 3.8) is 0 Å². The van der Waals surface area contributed by atoms with E-state index in [2.05, 4.69) is 5.32 Å². The normalized spacial score (nSPS) is 16.5. The molecule has 1 fully saturated rings. The van der Waals surface area contributed by atoms with Crippen LogP contribution in [0.3, 0.4) is 0 Å². The molecule has 1 aliphatic rings. The maximum atomic E-state index is 13.2. The zero-order chi connectivity index (χ0) is 22.5. The SMILES string of the molecule is CCN(CC)C(=O)C1(NC(=O)c2ccc(S(=O)(=O)N(C)C(C)C)cc2)CCCCC1. The maximum Gasteiger partial charge on any atom is 0.252 e. The highest BCUT2D eigenvalue weighted by molar-refractivity contribution is 7.89. The van der Waals surface area contributed by atoms with E-state index in [0.29, 0.717) is 31.5 Å². The first-order valence-corrected chi connectivity index (χ1v) is 12.2. The minimum Gasteiger partial charge on any atom is -0.341 e. The highest BCUT2D eigenvalue weighted by Gasteiger charge is 2.42. The molecule has 1 aliphatic carbocycles. The lowest BCUT2D eigenvalue weighted by molar-refractivity contribution is -0.139. The van der Waals surface area contributed by atoms with Crippen molar-refractivity contribution >= 4 is 21.8 Å². The molecule has 2 amide bonds. The van der Waals surface area contributed by atoms with Gasteiger partial charge in [0, 0.05) is 31.7 Å². The molecule has 1 saturated carbocycles. The van der Waals surface area contributed by atoms with E-state index >= 15 is 0 Å². The highest BCUT2D eigenvalue weighted by atomic mass is 32.2. The fourth-order valence-electron chi connectivity index (χ4n) is 3.87. The molecule has 0 unspecified atom stereocenters. The quantitative estimate of drug-likeness (QED) is 0.677. The smallest absolute Gasteiger partial charge is 0.252 e. The molecule has 168 valence electrons. The summed E-state index contributed by atoms with van der Waals surface area (Å²) in [6.45, 7) is 8.68. The minimum atomic E-state index is -3.61. The zero-order valence-corrected chi connectivity index (χ0v) is 19.6. The van der Waals surface area contributed by atoms with Crippen LogP contribution < -0.4 is 5.32 Å². The average Bonchev–Trinajstić information content (AvgIpc) is 2.74. The number of sulfonamides is 1. The predicted octanol–water partition coefficient (Wildman–Crippen LogP) is 3.02. The molecular formula is C22H35N3O4S. The molecule has 0 aliphatic heterocycles. The summed E-state index contributed by atoms with van der Waals surface area (Å²) in [7, 11) is -2.08. The molecule has 0 spiro atoms. The van der Waals surface area contributed by atoms with Crippen molar-refractivity contribution in [2.24, 2.45) is 0 Å². The molecule has 30 heavy (non-hydrogen) atoms. The molecule has 0 aromatic heterocycles. The summed E-state index contributed by atoms with van der Waals surface area (Å²) >= 11 is 0. The van der Waals surface area contributed by atoms with Gasteiger partial charge in [-0.2, -0.15) is 4.31 Å². The first-order valence-electron chi connectivity index (χ1n) is 10.8. The monoisotopic (exact) mass is 437 g/mol. The zero-order valence-electron chi connectivity index (χ0n) is 18.8. The van der Waals surface area contributed by atoms with Crippen LogP contribution in [0.5, 0.6) is 0 Å². The summed E-state index contributed by atoms with van der Waals surface area (Å²) in [5.74, 6) is -0.378. The van der Waals surface area contributed by atoms with Gasteiger partial charge in [-0.3, -0.25) is 9.59 Å². The number of likely N-dealkylation sites (N-methyl/N-ethyl adjacent to an activating group) is 1. The van der Waals surface area contributed by atoms with Crippen LogP contribution >= 0.6 is 0 Å². The van der Waals surface area contributed by atoms with E-state index in [-0.39, 0.29) is 22.8 Å². The molecule has 1 N–H and O–H groups in total. The highest BCUT2D eigenvalue weighted by Crippen LogP contribution is 2.31. The van der Waals surface area contributed by atoms with Crippen molar-refractivity contribution in [1.29, 1.82) is 0 Å². The first-order chi connectivity index (χ1) is 14.1. The van der Waals surface area contributed by atoms with E-state index in [9.17, 15) is 18.0 Å².